The molecule has 3 rings (SSSR count). The Labute approximate surface area is 94.4 Å². The molecule has 2 amide bonds. The molecule has 1 aliphatic carbocycles. The summed E-state index contributed by atoms with van der Waals surface area (Å²) >= 11 is 0. The van der Waals surface area contributed by atoms with Crippen LogP contribution in [0.15, 0.2) is 24.3 Å². The van der Waals surface area contributed by atoms with E-state index in [1.807, 2.05) is 24.3 Å². The SMILES string of the molecule is Nc1cccc(N2CCC3(CC3)NC2=O)c1. The summed E-state index contributed by atoms with van der Waals surface area (Å²) in [6, 6.07) is 7.47. The highest BCUT2D eigenvalue weighted by molar-refractivity contribution is 5.94. The number of carbonyl (C=O) groups excluding carboxylic acids is 1. The van der Waals surface area contributed by atoms with Crippen LogP contribution >= 0.6 is 0 Å². The first-order valence-corrected chi connectivity index (χ1v) is 5.64. The van der Waals surface area contributed by atoms with E-state index in [2.05, 4.69) is 5.32 Å². The van der Waals surface area contributed by atoms with Gasteiger partial charge in [0.2, 0.25) is 0 Å². The highest BCUT2D eigenvalue weighted by Gasteiger charge is 2.47. The number of nitrogen functional groups attached to an aromatic ring is 1. The molecule has 4 heteroatoms. The first-order chi connectivity index (χ1) is 7.69. The third kappa shape index (κ3) is 1.50. The number of nitrogens with two attached hydrogens (primary N) is 1. The van der Waals surface area contributed by atoms with Crippen molar-refractivity contribution in [2.75, 3.05) is 17.2 Å². The minimum atomic E-state index is 0.00866. The highest BCUT2D eigenvalue weighted by Crippen LogP contribution is 2.41. The van der Waals surface area contributed by atoms with Crippen LogP contribution in [0.1, 0.15) is 19.3 Å². The summed E-state index contributed by atoms with van der Waals surface area (Å²) in [6.45, 7) is 0.787. The molecule has 84 valence electrons. The Bertz CT molecular complexity index is 440. The Morgan fingerprint density at radius 1 is 1.31 bits per heavy atom. The number of nitrogens with zero attached hydrogens (tertiary/aromatic N) is 1. The zero-order valence-corrected chi connectivity index (χ0v) is 9.07. The molecule has 1 heterocycles. The van der Waals surface area contributed by atoms with Crippen LogP contribution in [0.4, 0.5) is 16.2 Å². The number of amides is 2. The summed E-state index contributed by atoms with van der Waals surface area (Å²) in [6.07, 6.45) is 3.29. The van der Waals surface area contributed by atoms with Gasteiger partial charge in [-0.05, 0) is 37.5 Å². The van der Waals surface area contributed by atoms with E-state index in [4.69, 9.17) is 5.73 Å². The number of nitrogens with one attached hydrogen (secondary N) is 1. The summed E-state index contributed by atoms with van der Waals surface area (Å²) in [5.41, 5.74) is 7.42. The van der Waals surface area contributed by atoms with Crippen molar-refractivity contribution >= 4 is 17.4 Å². The van der Waals surface area contributed by atoms with Gasteiger partial charge in [-0.2, -0.15) is 0 Å². The molecule has 0 bridgehead atoms. The van der Waals surface area contributed by atoms with Crippen LogP contribution in [-0.4, -0.2) is 18.1 Å². The summed E-state index contributed by atoms with van der Waals surface area (Å²) < 4.78 is 0. The number of rotatable bonds is 1. The number of anilines is 2. The van der Waals surface area contributed by atoms with E-state index in [0.29, 0.717) is 5.69 Å². The molecule has 3 N–H and O–H groups in total. The monoisotopic (exact) mass is 217 g/mol. The van der Waals surface area contributed by atoms with Gasteiger partial charge in [0.05, 0.1) is 0 Å². The lowest BCUT2D eigenvalue weighted by Crippen LogP contribution is -2.53. The largest absolute Gasteiger partial charge is 0.399 e. The van der Waals surface area contributed by atoms with E-state index in [1.165, 1.54) is 0 Å². The van der Waals surface area contributed by atoms with E-state index in [1.54, 1.807) is 4.90 Å². The predicted molar refractivity (Wildman–Crippen MR) is 63.3 cm³/mol. The van der Waals surface area contributed by atoms with Crippen LogP contribution in [0.5, 0.6) is 0 Å². The Hall–Kier alpha value is -1.71. The van der Waals surface area contributed by atoms with Gasteiger partial charge in [0, 0.05) is 23.5 Å². The molecular weight excluding hydrogens is 202 g/mol. The van der Waals surface area contributed by atoms with Crippen molar-refractivity contribution in [1.82, 2.24) is 5.32 Å². The molecule has 16 heavy (non-hydrogen) atoms. The minimum absolute atomic E-state index is 0.00866. The van der Waals surface area contributed by atoms with Gasteiger partial charge in [-0.1, -0.05) is 6.07 Å². The second kappa shape index (κ2) is 3.14. The van der Waals surface area contributed by atoms with Gasteiger partial charge in [-0.15, -0.1) is 0 Å². The molecule has 1 spiro atoms. The number of hydrogen-bond donors (Lipinski definition) is 2. The predicted octanol–water partition coefficient (Wildman–Crippen LogP) is 1.72. The first kappa shape index (κ1) is 9.51. The lowest BCUT2D eigenvalue weighted by atomic mass is 10.1. The standard InChI is InChI=1S/C12H15N3O/c13-9-2-1-3-10(8-9)15-7-6-12(4-5-12)14-11(15)16/h1-3,8H,4-7,13H2,(H,14,16). The fourth-order valence-electron chi connectivity index (χ4n) is 2.25. The molecule has 4 nitrogen and oxygen atoms in total. The second-order valence-electron chi connectivity index (χ2n) is 4.71. The lowest BCUT2D eigenvalue weighted by molar-refractivity contribution is 0.234. The maximum absolute atomic E-state index is 11.9. The lowest BCUT2D eigenvalue weighted by Gasteiger charge is -2.33. The smallest absolute Gasteiger partial charge is 0.322 e. The molecule has 0 radical (unpaired) electrons. The van der Waals surface area contributed by atoms with Crippen LogP contribution in [0.25, 0.3) is 0 Å². The van der Waals surface area contributed by atoms with Crippen molar-refractivity contribution in [3.8, 4) is 0 Å². The Balaban J connectivity index is 1.83. The van der Waals surface area contributed by atoms with Crippen LogP contribution in [0.3, 0.4) is 0 Å². The summed E-state index contributed by atoms with van der Waals surface area (Å²) in [4.78, 5) is 13.7. The maximum atomic E-state index is 11.9. The van der Waals surface area contributed by atoms with Gasteiger partial charge >= 0.3 is 6.03 Å². The van der Waals surface area contributed by atoms with Crippen molar-refractivity contribution in [2.45, 2.75) is 24.8 Å². The summed E-state index contributed by atoms with van der Waals surface area (Å²) in [5.74, 6) is 0. The molecule has 1 aromatic carbocycles. The van der Waals surface area contributed by atoms with Crippen LogP contribution < -0.4 is 16.0 Å². The molecular formula is C12H15N3O. The third-order valence-electron chi connectivity index (χ3n) is 3.47. The number of hydrogen-bond acceptors (Lipinski definition) is 2. The summed E-state index contributed by atoms with van der Waals surface area (Å²) in [7, 11) is 0. The van der Waals surface area contributed by atoms with E-state index in [0.717, 1.165) is 31.5 Å². The van der Waals surface area contributed by atoms with Gasteiger partial charge in [-0.3, -0.25) is 4.90 Å². The van der Waals surface area contributed by atoms with E-state index >= 15 is 0 Å². The molecule has 2 aliphatic rings. The van der Waals surface area contributed by atoms with E-state index < -0.39 is 0 Å². The van der Waals surface area contributed by atoms with E-state index in [9.17, 15) is 4.79 Å². The summed E-state index contributed by atoms with van der Waals surface area (Å²) in [5, 5.41) is 3.08. The second-order valence-corrected chi connectivity index (χ2v) is 4.71. The van der Waals surface area contributed by atoms with Gasteiger partial charge in [0.25, 0.3) is 0 Å². The average Bonchev–Trinajstić information content (AvgIpc) is 2.98. The molecule has 0 unspecified atom stereocenters. The van der Waals surface area contributed by atoms with E-state index in [-0.39, 0.29) is 11.6 Å². The Kier molecular flexibility index (Phi) is 1.87. The van der Waals surface area contributed by atoms with Gasteiger partial charge in [0.1, 0.15) is 0 Å². The normalized spacial score (nSPS) is 22.0. The molecule has 1 aromatic rings. The maximum Gasteiger partial charge on any atom is 0.322 e. The van der Waals surface area contributed by atoms with Crippen molar-refractivity contribution in [3.05, 3.63) is 24.3 Å². The van der Waals surface area contributed by atoms with Crippen LogP contribution in [0.2, 0.25) is 0 Å². The first-order valence-electron chi connectivity index (χ1n) is 5.64. The van der Waals surface area contributed by atoms with Gasteiger partial charge < -0.3 is 11.1 Å². The Morgan fingerprint density at radius 3 is 2.75 bits per heavy atom. The van der Waals surface area contributed by atoms with Crippen molar-refractivity contribution in [2.24, 2.45) is 0 Å². The molecule has 0 atom stereocenters. The van der Waals surface area contributed by atoms with Crippen LogP contribution in [0, 0.1) is 0 Å². The van der Waals surface area contributed by atoms with Crippen molar-refractivity contribution in [3.63, 3.8) is 0 Å². The number of carbonyl (C=O) groups is 1. The van der Waals surface area contributed by atoms with Gasteiger partial charge in [-0.25, -0.2) is 4.79 Å². The van der Waals surface area contributed by atoms with Crippen molar-refractivity contribution < 1.29 is 4.79 Å². The molecule has 1 saturated carbocycles. The number of urea groups is 1. The fourth-order valence-corrected chi connectivity index (χ4v) is 2.25. The molecule has 1 aliphatic heterocycles. The van der Waals surface area contributed by atoms with Crippen molar-refractivity contribution in [1.29, 1.82) is 0 Å². The molecule has 1 saturated heterocycles. The highest BCUT2D eigenvalue weighted by atomic mass is 16.2. The fraction of sp³-hybridized carbons (Fsp3) is 0.417. The Morgan fingerprint density at radius 2 is 2.12 bits per heavy atom. The zero-order valence-electron chi connectivity index (χ0n) is 9.07. The third-order valence-corrected chi connectivity index (χ3v) is 3.47. The molecule has 0 aromatic heterocycles. The quantitative estimate of drug-likeness (QED) is 0.704. The topological polar surface area (TPSA) is 58.4 Å². The molecule has 2 fully saturated rings. The number of benzene rings is 1. The average molecular weight is 217 g/mol. The van der Waals surface area contributed by atoms with Crippen LogP contribution in [-0.2, 0) is 0 Å². The van der Waals surface area contributed by atoms with Gasteiger partial charge in [0.15, 0.2) is 0 Å². The zero-order chi connectivity index (χ0) is 11.2. The minimum Gasteiger partial charge on any atom is -0.399 e.